The number of nitrogens with zero attached hydrogens (tertiary/aromatic N) is 3. The second-order valence-corrected chi connectivity index (χ2v) is 6.92. The lowest BCUT2D eigenvalue weighted by Gasteiger charge is -2.20. The van der Waals surface area contributed by atoms with Crippen molar-refractivity contribution in [2.75, 3.05) is 18.5 Å². The fourth-order valence-corrected chi connectivity index (χ4v) is 3.98. The van der Waals surface area contributed by atoms with Crippen LogP contribution >= 0.6 is 11.3 Å². The smallest absolute Gasteiger partial charge is 0.140 e. The Hall–Kier alpha value is -1.16. The maximum Gasteiger partial charge on any atom is 0.140 e. The molecule has 2 aromatic rings. The van der Waals surface area contributed by atoms with Crippen LogP contribution in [-0.2, 0) is 12.8 Å². The van der Waals surface area contributed by atoms with Gasteiger partial charge in [0.15, 0.2) is 0 Å². The minimum atomic E-state index is 0.730. The predicted octanol–water partition coefficient (Wildman–Crippen LogP) is 3.66. The van der Waals surface area contributed by atoms with E-state index < -0.39 is 0 Å². The second-order valence-electron chi connectivity index (χ2n) is 5.84. The van der Waals surface area contributed by atoms with Gasteiger partial charge in [-0.15, -0.1) is 11.3 Å². The standard InChI is InChI=1S/C15H21N3S/c1-10(2)7-8-18(3)14-13-11-5-4-6-12(11)19-15(13)17-9-16-14/h9-10H,4-8H2,1-3H3. The Kier molecular flexibility index (Phi) is 3.44. The minimum Gasteiger partial charge on any atom is -0.359 e. The molecular weight excluding hydrogens is 254 g/mol. The molecule has 0 unspecified atom stereocenters. The van der Waals surface area contributed by atoms with Crippen molar-refractivity contribution < 1.29 is 0 Å². The van der Waals surface area contributed by atoms with Crippen molar-refractivity contribution in [2.24, 2.45) is 5.92 Å². The van der Waals surface area contributed by atoms with E-state index in [1.807, 2.05) is 11.3 Å². The van der Waals surface area contributed by atoms with Gasteiger partial charge in [-0.3, -0.25) is 0 Å². The molecular formula is C15H21N3S. The number of hydrogen-bond donors (Lipinski definition) is 0. The molecule has 0 aliphatic heterocycles. The van der Waals surface area contributed by atoms with Gasteiger partial charge >= 0.3 is 0 Å². The van der Waals surface area contributed by atoms with E-state index >= 15 is 0 Å². The molecule has 0 saturated heterocycles. The maximum absolute atomic E-state index is 4.56. The predicted molar refractivity (Wildman–Crippen MR) is 82.2 cm³/mol. The molecule has 0 aromatic carbocycles. The van der Waals surface area contributed by atoms with Crippen molar-refractivity contribution in [3.8, 4) is 0 Å². The van der Waals surface area contributed by atoms with E-state index in [0.717, 1.165) is 18.3 Å². The first-order valence-corrected chi connectivity index (χ1v) is 7.95. The summed E-state index contributed by atoms with van der Waals surface area (Å²) in [6.45, 7) is 5.60. The zero-order chi connectivity index (χ0) is 13.4. The Morgan fingerprint density at radius 1 is 1.32 bits per heavy atom. The summed E-state index contributed by atoms with van der Waals surface area (Å²) in [6.07, 6.45) is 6.64. The number of anilines is 1. The van der Waals surface area contributed by atoms with Gasteiger partial charge in [-0.05, 0) is 37.2 Å². The Balaban J connectivity index is 1.98. The van der Waals surface area contributed by atoms with Crippen molar-refractivity contribution in [1.29, 1.82) is 0 Å². The normalized spacial score (nSPS) is 14.3. The lowest BCUT2D eigenvalue weighted by Crippen LogP contribution is -2.21. The Morgan fingerprint density at radius 3 is 2.95 bits per heavy atom. The highest BCUT2D eigenvalue weighted by atomic mass is 32.1. The Morgan fingerprint density at radius 2 is 2.16 bits per heavy atom. The highest BCUT2D eigenvalue weighted by molar-refractivity contribution is 7.19. The van der Waals surface area contributed by atoms with Gasteiger partial charge < -0.3 is 4.90 Å². The van der Waals surface area contributed by atoms with Gasteiger partial charge in [-0.2, -0.15) is 0 Å². The topological polar surface area (TPSA) is 29.0 Å². The molecule has 19 heavy (non-hydrogen) atoms. The molecule has 0 radical (unpaired) electrons. The number of fused-ring (bicyclic) bond motifs is 3. The van der Waals surface area contributed by atoms with Crippen molar-refractivity contribution >= 4 is 27.4 Å². The first-order valence-electron chi connectivity index (χ1n) is 7.13. The fraction of sp³-hybridized carbons (Fsp3) is 0.600. The van der Waals surface area contributed by atoms with Crippen LogP contribution in [0.2, 0.25) is 0 Å². The molecule has 3 nitrogen and oxygen atoms in total. The van der Waals surface area contributed by atoms with Gasteiger partial charge in [0.1, 0.15) is 17.0 Å². The van der Waals surface area contributed by atoms with Crippen molar-refractivity contribution in [3.05, 3.63) is 16.8 Å². The van der Waals surface area contributed by atoms with Crippen molar-refractivity contribution in [3.63, 3.8) is 0 Å². The third kappa shape index (κ3) is 2.34. The molecule has 4 heteroatoms. The third-order valence-corrected chi connectivity index (χ3v) is 5.08. The average Bonchev–Trinajstić information content (AvgIpc) is 2.95. The van der Waals surface area contributed by atoms with Crippen LogP contribution in [0.4, 0.5) is 5.82 Å². The molecule has 0 N–H and O–H groups in total. The van der Waals surface area contributed by atoms with E-state index in [1.54, 1.807) is 6.33 Å². The van der Waals surface area contributed by atoms with Crippen LogP contribution < -0.4 is 4.90 Å². The number of rotatable bonds is 4. The third-order valence-electron chi connectivity index (χ3n) is 3.88. The zero-order valence-corrected chi connectivity index (χ0v) is 12.8. The van der Waals surface area contributed by atoms with Gasteiger partial charge in [0.05, 0.1) is 5.39 Å². The maximum atomic E-state index is 4.56. The summed E-state index contributed by atoms with van der Waals surface area (Å²) in [4.78, 5) is 14.0. The van der Waals surface area contributed by atoms with Crippen LogP contribution in [0.25, 0.3) is 10.2 Å². The van der Waals surface area contributed by atoms with Crippen molar-refractivity contribution in [2.45, 2.75) is 39.5 Å². The summed E-state index contributed by atoms with van der Waals surface area (Å²) in [5, 5.41) is 1.33. The summed E-state index contributed by atoms with van der Waals surface area (Å²) in [5.41, 5.74) is 1.52. The van der Waals surface area contributed by atoms with Crippen molar-refractivity contribution in [1.82, 2.24) is 9.97 Å². The van der Waals surface area contributed by atoms with Gasteiger partial charge in [0.25, 0.3) is 0 Å². The lowest BCUT2D eigenvalue weighted by molar-refractivity contribution is 0.584. The van der Waals surface area contributed by atoms with E-state index in [9.17, 15) is 0 Å². The second kappa shape index (κ2) is 5.08. The van der Waals surface area contributed by atoms with E-state index in [2.05, 4.69) is 35.8 Å². The first-order chi connectivity index (χ1) is 9.16. The lowest BCUT2D eigenvalue weighted by atomic mass is 10.1. The summed E-state index contributed by atoms with van der Waals surface area (Å²) in [7, 11) is 2.16. The van der Waals surface area contributed by atoms with Gasteiger partial charge in [0.2, 0.25) is 0 Å². The Labute approximate surface area is 118 Å². The summed E-state index contributed by atoms with van der Waals surface area (Å²) in [6, 6.07) is 0. The molecule has 1 aliphatic carbocycles. The molecule has 2 aromatic heterocycles. The van der Waals surface area contributed by atoms with E-state index in [-0.39, 0.29) is 0 Å². The van der Waals surface area contributed by atoms with Gasteiger partial charge in [-0.1, -0.05) is 13.8 Å². The number of aryl methyl sites for hydroxylation is 2. The molecule has 0 spiro atoms. The molecule has 2 heterocycles. The van der Waals surface area contributed by atoms with Gasteiger partial charge in [-0.25, -0.2) is 9.97 Å². The highest BCUT2D eigenvalue weighted by Crippen LogP contribution is 2.39. The molecule has 0 atom stereocenters. The zero-order valence-electron chi connectivity index (χ0n) is 11.9. The molecule has 0 bridgehead atoms. The average molecular weight is 275 g/mol. The fourth-order valence-electron chi connectivity index (χ4n) is 2.76. The highest BCUT2D eigenvalue weighted by Gasteiger charge is 2.22. The van der Waals surface area contributed by atoms with E-state index in [1.165, 1.54) is 46.3 Å². The SMILES string of the molecule is CC(C)CCN(C)c1ncnc2sc3c(c12)CCC3. The van der Waals surface area contributed by atoms with Crippen LogP contribution in [0.1, 0.15) is 37.1 Å². The summed E-state index contributed by atoms with van der Waals surface area (Å²) >= 11 is 1.86. The van der Waals surface area contributed by atoms with Crippen LogP contribution in [-0.4, -0.2) is 23.6 Å². The number of thiophene rings is 1. The molecule has 0 fully saturated rings. The van der Waals surface area contributed by atoms with Crippen LogP contribution in [0.15, 0.2) is 6.33 Å². The van der Waals surface area contributed by atoms with Crippen LogP contribution in [0, 0.1) is 5.92 Å². The molecule has 102 valence electrons. The molecule has 3 rings (SSSR count). The van der Waals surface area contributed by atoms with Crippen LogP contribution in [0.5, 0.6) is 0 Å². The molecule has 0 amide bonds. The van der Waals surface area contributed by atoms with E-state index in [4.69, 9.17) is 0 Å². The van der Waals surface area contributed by atoms with Gasteiger partial charge in [0, 0.05) is 18.5 Å². The summed E-state index contributed by atoms with van der Waals surface area (Å²) in [5.74, 6) is 1.86. The monoisotopic (exact) mass is 275 g/mol. The minimum absolute atomic E-state index is 0.730. The summed E-state index contributed by atoms with van der Waals surface area (Å²) < 4.78 is 0. The number of aromatic nitrogens is 2. The Bertz CT molecular complexity index is 588. The van der Waals surface area contributed by atoms with E-state index in [0.29, 0.717) is 0 Å². The largest absolute Gasteiger partial charge is 0.359 e. The number of hydrogen-bond acceptors (Lipinski definition) is 4. The molecule has 0 saturated carbocycles. The first kappa shape index (κ1) is 12.9. The quantitative estimate of drug-likeness (QED) is 0.852. The molecule has 1 aliphatic rings. The van der Waals surface area contributed by atoms with Crippen LogP contribution in [0.3, 0.4) is 0 Å².